The Morgan fingerprint density at radius 3 is 2.41 bits per heavy atom. The van der Waals surface area contributed by atoms with Gasteiger partial charge in [0.25, 0.3) is 0 Å². The van der Waals surface area contributed by atoms with Crippen LogP contribution in [0.1, 0.15) is 37.5 Å². The number of primary amides is 1. The molecule has 0 fully saturated rings. The Morgan fingerprint density at radius 1 is 1.17 bits per heavy atom. The molecule has 0 saturated carbocycles. The molecular formula is C22H28F2N2O3. The van der Waals surface area contributed by atoms with Gasteiger partial charge < -0.3 is 20.9 Å². The number of hydrogen-bond acceptors (Lipinski definition) is 4. The van der Waals surface area contributed by atoms with Gasteiger partial charge in [-0.2, -0.15) is 0 Å². The number of carbonyl (C=O) groups excluding carboxylic acids is 1. The molecule has 0 radical (unpaired) electrons. The number of nitrogens with one attached hydrogen (secondary N) is 1. The fourth-order valence-electron chi connectivity index (χ4n) is 3.14. The predicted octanol–water partition coefficient (Wildman–Crippen LogP) is 3.42. The maximum Gasteiger partial charge on any atom is 0.404 e. The molecule has 2 aromatic carbocycles. The summed E-state index contributed by atoms with van der Waals surface area (Å²) < 4.78 is 31.9. The zero-order chi connectivity index (χ0) is 21.6. The average Bonchev–Trinajstić information content (AvgIpc) is 2.64. The van der Waals surface area contributed by atoms with Crippen molar-refractivity contribution in [2.24, 2.45) is 5.73 Å². The Hall–Kier alpha value is -2.51. The number of benzene rings is 2. The molecule has 29 heavy (non-hydrogen) atoms. The molecule has 0 bridgehead atoms. The number of aryl methyl sites for hydroxylation is 1. The van der Waals surface area contributed by atoms with E-state index >= 15 is 0 Å². The van der Waals surface area contributed by atoms with Crippen LogP contribution in [0.25, 0.3) is 0 Å². The SMILES string of the molecule is CCc1cccc(C(C)(C)NC[C@@H](O)[C@H](Cc2cc(F)cc(F)c2)OC(N)=O)c1. The first kappa shape index (κ1) is 22.8. The lowest BCUT2D eigenvalue weighted by Gasteiger charge is -2.31. The number of aliphatic hydroxyl groups is 1. The lowest BCUT2D eigenvalue weighted by Crippen LogP contribution is -2.46. The second-order valence-corrected chi connectivity index (χ2v) is 7.58. The Balaban J connectivity index is 2.10. The minimum atomic E-state index is -1.14. The molecule has 2 atom stereocenters. The normalized spacial score (nSPS) is 13.7. The van der Waals surface area contributed by atoms with E-state index in [1.54, 1.807) is 0 Å². The molecule has 0 aliphatic rings. The highest BCUT2D eigenvalue weighted by molar-refractivity contribution is 5.64. The first-order valence-electron chi connectivity index (χ1n) is 9.54. The smallest absolute Gasteiger partial charge is 0.404 e. The molecule has 1 amide bonds. The van der Waals surface area contributed by atoms with Gasteiger partial charge in [-0.15, -0.1) is 0 Å². The fraction of sp³-hybridized carbons (Fsp3) is 0.409. The highest BCUT2D eigenvalue weighted by Crippen LogP contribution is 2.22. The largest absolute Gasteiger partial charge is 0.443 e. The summed E-state index contributed by atoms with van der Waals surface area (Å²) in [7, 11) is 0. The Kier molecular flexibility index (Phi) is 7.70. The third kappa shape index (κ3) is 6.80. The van der Waals surface area contributed by atoms with Crippen LogP contribution in [0, 0.1) is 11.6 Å². The predicted molar refractivity (Wildman–Crippen MR) is 107 cm³/mol. The quantitative estimate of drug-likeness (QED) is 0.596. The third-order valence-electron chi connectivity index (χ3n) is 4.87. The van der Waals surface area contributed by atoms with Crippen LogP contribution in [0.2, 0.25) is 0 Å². The van der Waals surface area contributed by atoms with Gasteiger partial charge in [0.2, 0.25) is 0 Å². The maximum atomic E-state index is 13.4. The van der Waals surface area contributed by atoms with Gasteiger partial charge >= 0.3 is 6.09 Å². The van der Waals surface area contributed by atoms with E-state index in [9.17, 15) is 18.7 Å². The summed E-state index contributed by atoms with van der Waals surface area (Å²) in [5, 5.41) is 13.8. The molecule has 2 rings (SSSR count). The summed E-state index contributed by atoms with van der Waals surface area (Å²) in [5.74, 6) is -1.50. The first-order chi connectivity index (χ1) is 13.6. The van der Waals surface area contributed by atoms with Crippen LogP contribution in [0.15, 0.2) is 42.5 Å². The molecule has 0 aromatic heterocycles. The van der Waals surface area contributed by atoms with Crippen molar-refractivity contribution in [3.05, 3.63) is 70.8 Å². The molecular weight excluding hydrogens is 378 g/mol. The van der Waals surface area contributed by atoms with Crippen molar-refractivity contribution in [3.63, 3.8) is 0 Å². The molecule has 0 saturated heterocycles. The molecule has 2 aromatic rings. The Bertz CT molecular complexity index is 822. The fourth-order valence-corrected chi connectivity index (χ4v) is 3.14. The molecule has 0 heterocycles. The van der Waals surface area contributed by atoms with E-state index in [0.29, 0.717) is 0 Å². The molecule has 5 nitrogen and oxygen atoms in total. The van der Waals surface area contributed by atoms with Crippen LogP contribution in [0.5, 0.6) is 0 Å². The van der Waals surface area contributed by atoms with E-state index in [1.807, 2.05) is 32.0 Å². The minimum absolute atomic E-state index is 0.0772. The van der Waals surface area contributed by atoms with Gasteiger partial charge in [0.05, 0.1) is 0 Å². The number of amides is 1. The van der Waals surface area contributed by atoms with Crippen molar-refractivity contribution < 1.29 is 23.4 Å². The van der Waals surface area contributed by atoms with Crippen molar-refractivity contribution in [2.75, 3.05) is 6.54 Å². The summed E-state index contributed by atoms with van der Waals surface area (Å²) in [6.07, 6.45) is -2.43. The maximum absolute atomic E-state index is 13.4. The summed E-state index contributed by atoms with van der Waals surface area (Å²) >= 11 is 0. The molecule has 0 spiro atoms. The molecule has 158 valence electrons. The minimum Gasteiger partial charge on any atom is -0.443 e. The first-order valence-corrected chi connectivity index (χ1v) is 9.54. The van der Waals surface area contributed by atoms with Gasteiger partial charge in [-0.3, -0.25) is 0 Å². The summed E-state index contributed by atoms with van der Waals surface area (Å²) in [5.41, 5.74) is 7.14. The van der Waals surface area contributed by atoms with Crippen molar-refractivity contribution in [1.29, 1.82) is 0 Å². The molecule has 4 N–H and O–H groups in total. The zero-order valence-corrected chi connectivity index (χ0v) is 16.9. The summed E-state index contributed by atoms with van der Waals surface area (Å²) in [4.78, 5) is 11.3. The molecule has 0 aliphatic carbocycles. The van der Waals surface area contributed by atoms with E-state index in [4.69, 9.17) is 10.5 Å². The van der Waals surface area contributed by atoms with Crippen LogP contribution in [0.3, 0.4) is 0 Å². The number of aliphatic hydroxyl groups excluding tert-OH is 1. The van der Waals surface area contributed by atoms with Crippen molar-refractivity contribution in [1.82, 2.24) is 5.32 Å². The van der Waals surface area contributed by atoms with Gasteiger partial charge in [0.1, 0.15) is 23.8 Å². The van der Waals surface area contributed by atoms with Crippen molar-refractivity contribution in [3.8, 4) is 0 Å². The number of rotatable bonds is 9. The third-order valence-corrected chi connectivity index (χ3v) is 4.87. The van der Waals surface area contributed by atoms with Gasteiger partial charge in [-0.1, -0.05) is 31.2 Å². The van der Waals surface area contributed by atoms with Gasteiger partial charge in [-0.25, -0.2) is 13.6 Å². The van der Waals surface area contributed by atoms with Gasteiger partial charge in [0.15, 0.2) is 0 Å². The Labute approximate surface area is 169 Å². The van der Waals surface area contributed by atoms with E-state index < -0.39 is 35.5 Å². The van der Waals surface area contributed by atoms with E-state index in [-0.39, 0.29) is 18.5 Å². The van der Waals surface area contributed by atoms with E-state index in [2.05, 4.69) is 18.3 Å². The van der Waals surface area contributed by atoms with Crippen LogP contribution in [-0.2, 0) is 23.1 Å². The number of carbonyl (C=O) groups is 1. The van der Waals surface area contributed by atoms with Crippen LogP contribution in [0.4, 0.5) is 13.6 Å². The summed E-state index contributed by atoms with van der Waals surface area (Å²) in [6, 6.07) is 11.1. The molecule has 7 heteroatoms. The second kappa shape index (κ2) is 9.80. The van der Waals surface area contributed by atoms with Crippen molar-refractivity contribution in [2.45, 2.75) is 51.4 Å². The highest BCUT2D eigenvalue weighted by Gasteiger charge is 2.27. The van der Waals surface area contributed by atoms with Crippen LogP contribution < -0.4 is 11.1 Å². The number of hydrogen-bond donors (Lipinski definition) is 3. The number of ether oxygens (including phenoxy) is 1. The number of halogens is 2. The topological polar surface area (TPSA) is 84.6 Å². The zero-order valence-electron chi connectivity index (χ0n) is 16.9. The summed E-state index contributed by atoms with van der Waals surface area (Å²) in [6.45, 7) is 6.10. The Morgan fingerprint density at radius 2 is 1.83 bits per heavy atom. The van der Waals surface area contributed by atoms with Crippen molar-refractivity contribution >= 4 is 6.09 Å². The average molecular weight is 406 g/mol. The van der Waals surface area contributed by atoms with Gasteiger partial charge in [-0.05, 0) is 49.1 Å². The molecule has 0 unspecified atom stereocenters. The molecule has 0 aliphatic heterocycles. The van der Waals surface area contributed by atoms with E-state index in [0.717, 1.165) is 30.2 Å². The standard InChI is InChI=1S/C22H28F2N2O3/c1-4-14-6-5-7-16(8-14)22(2,3)26-13-19(27)20(29-21(25)28)11-15-9-17(23)12-18(24)10-15/h5-10,12,19-20,26-27H,4,11,13H2,1-3H3,(H2,25,28)/t19-,20+/m1/s1. The number of nitrogens with two attached hydrogens (primary N) is 1. The van der Waals surface area contributed by atoms with E-state index in [1.165, 1.54) is 5.56 Å². The highest BCUT2D eigenvalue weighted by atomic mass is 19.1. The van der Waals surface area contributed by atoms with Crippen LogP contribution >= 0.6 is 0 Å². The second-order valence-electron chi connectivity index (χ2n) is 7.58. The van der Waals surface area contributed by atoms with Gasteiger partial charge in [0, 0.05) is 24.6 Å². The monoisotopic (exact) mass is 406 g/mol. The lowest BCUT2D eigenvalue weighted by molar-refractivity contribution is 0.00425. The lowest BCUT2D eigenvalue weighted by atomic mass is 9.92. The van der Waals surface area contributed by atoms with Crippen LogP contribution in [-0.4, -0.2) is 30.0 Å².